The van der Waals surface area contributed by atoms with Crippen LogP contribution in [0.15, 0.2) is 4.99 Å². The molecule has 0 bridgehead atoms. The molecule has 1 saturated heterocycles. The molecule has 9 heteroatoms. The zero-order chi connectivity index (χ0) is 19.0. The zero-order valence-corrected chi connectivity index (χ0v) is 16.9. The van der Waals surface area contributed by atoms with Gasteiger partial charge in [0.15, 0.2) is 5.96 Å². The van der Waals surface area contributed by atoms with E-state index in [-0.39, 0.29) is 30.3 Å². The van der Waals surface area contributed by atoms with E-state index in [0.29, 0.717) is 19.0 Å². The average Bonchev–Trinajstić information content (AvgIpc) is 2.59. The molecule has 0 aromatic carbocycles. The molecule has 0 spiro atoms. The Morgan fingerprint density at radius 2 is 1.88 bits per heavy atom. The van der Waals surface area contributed by atoms with Gasteiger partial charge in [0.05, 0.1) is 5.75 Å². The second-order valence-corrected chi connectivity index (χ2v) is 8.88. The summed E-state index contributed by atoms with van der Waals surface area (Å²) in [4.78, 5) is 17.7. The van der Waals surface area contributed by atoms with E-state index >= 15 is 0 Å². The fraction of sp³-hybridized carbons (Fsp3) is 0.875. The molecule has 0 aliphatic carbocycles. The Kier molecular flexibility index (Phi) is 8.64. The molecule has 1 aliphatic rings. The van der Waals surface area contributed by atoms with Crippen LogP contribution in [0.4, 0.5) is 0 Å². The highest BCUT2D eigenvalue weighted by Gasteiger charge is 2.27. The van der Waals surface area contributed by atoms with Crippen LogP contribution in [0.2, 0.25) is 0 Å². The molecular weight excluding hydrogens is 342 g/mol. The second-order valence-electron chi connectivity index (χ2n) is 6.62. The van der Waals surface area contributed by atoms with Gasteiger partial charge < -0.3 is 15.5 Å². The number of hydrogen-bond donors (Lipinski definition) is 2. The monoisotopic (exact) mass is 375 g/mol. The maximum Gasteiger partial charge on any atom is 0.243 e. The third kappa shape index (κ3) is 7.19. The number of guanidine groups is 1. The molecular formula is C16H33N5O3S. The summed E-state index contributed by atoms with van der Waals surface area (Å²) in [5.74, 6) is 0.690. The number of nitrogens with zero attached hydrogens (tertiary/aromatic N) is 3. The number of carbonyl (C=O) groups is 1. The van der Waals surface area contributed by atoms with Crippen LogP contribution in [0, 0.1) is 0 Å². The average molecular weight is 376 g/mol. The van der Waals surface area contributed by atoms with E-state index in [1.165, 1.54) is 4.90 Å². The number of nitrogens with one attached hydrogen (secondary N) is 2. The van der Waals surface area contributed by atoms with Crippen LogP contribution in [0.1, 0.15) is 40.0 Å². The first-order chi connectivity index (χ1) is 11.7. The van der Waals surface area contributed by atoms with Gasteiger partial charge in [0.1, 0.15) is 6.54 Å². The molecule has 1 atom stereocenters. The first kappa shape index (κ1) is 21.7. The van der Waals surface area contributed by atoms with Crippen LogP contribution in [0.3, 0.4) is 0 Å². The van der Waals surface area contributed by atoms with Crippen molar-refractivity contribution in [3.63, 3.8) is 0 Å². The first-order valence-electron chi connectivity index (χ1n) is 8.95. The summed E-state index contributed by atoms with van der Waals surface area (Å²) in [5.41, 5.74) is 0. The Bertz CT molecular complexity index is 554. The van der Waals surface area contributed by atoms with Gasteiger partial charge in [-0.1, -0.05) is 6.92 Å². The van der Waals surface area contributed by atoms with Gasteiger partial charge in [0, 0.05) is 39.3 Å². The highest BCUT2D eigenvalue weighted by molar-refractivity contribution is 7.89. The molecule has 1 aliphatic heterocycles. The van der Waals surface area contributed by atoms with E-state index in [4.69, 9.17) is 0 Å². The highest BCUT2D eigenvalue weighted by atomic mass is 32.2. The van der Waals surface area contributed by atoms with Gasteiger partial charge in [-0.15, -0.1) is 0 Å². The minimum atomic E-state index is -3.12. The Morgan fingerprint density at radius 1 is 1.28 bits per heavy atom. The number of aliphatic imine (C=N–C) groups is 1. The predicted molar refractivity (Wildman–Crippen MR) is 101 cm³/mol. The minimum Gasteiger partial charge on any atom is -0.354 e. The van der Waals surface area contributed by atoms with Crippen LogP contribution in [-0.4, -0.2) is 81.1 Å². The van der Waals surface area contributed by atoms with Gasteiger partial charge >= 0.3 is 0 Å². The normalized spacial score (nSPS) is 18.7. The molecule has 1 rings (SSSR count). The molecule has 8 nitrogen and oxygen atoms in total. The van der Waals surface area contributed by atoms with Gasteiger partial charge in [-0.25, -0.2) is 17.7 Å². The van der Waals surface area contributed by atoms with Crippen LogP contribution in [0.5, 0.6) is 0 Å². The number of sulfonamides is 1. The highest BCUT2D eigenvalue weighted by Crippen LogP contribution is 2.14. The second kappa shape index (κ2) is 9.96. The molecule has 0 radical (unpaired) electrons. The molecule has 1 unspecified atom stereocenters. The maximum atomic E-state index is 11.9. The van der Waals surface area contributed by atoms with E-state index in [9.17, 15) is 13.2 Å². The van der Waals surface area contributed by atoms with Crippen LogP contribution >= 0.6 is 0 Å². The summed E-state index contributed by atoms with van der Waals surface area (Å²) < 4.78 is 25.4. The van der Waals surface area contributed by atoms with Crippen molar-refractivity contribution < 1.29 is 13.2 Å². The first-order valence-corrected chi connectivity index (χ1v) is 10.6. The van der Waals surface area contributed by atoms with Crippen molar-refractivity contribution in [1.29, 1.82) is 0 Å². The van der Waals surface area contributed by atoms with Crippen molar-refractivity contribution in [3.05, 3.63) is 0 Å². The molecule has 0 saturated carbocycles. The lowest BCUT2D eigenvalue weighted by molar-refractivity contribution is -0.127. The van der Waals surface area contributed by atoms with Crippen molar-refractivity contribution in [1.82, 2.24) is 19.8 Å². The van der Waals surface area contributed by atoms with E-state index in [2.05, 4.69) is 29.5 Å². The van der Waals surface area contributed by atoms with E-state index in [1.807, 2.05) is 0 Å². The van der Waals surface area contributed by atoms with Gasteiger partial charge in [0.25, 0.3) is 0 Å². The number of carbonyl (C=O) groups excluding carboxylic acids is 1. The maximum absolute atomic E-state index is 11.9. The third-order valence-corrected chi connectivity index (χ3v) is 6.30. The Balaban J connectivity index is 2.66. The summed E-state index contributed by atoms with van der Waals surface area (Å²) >= 11 is 0. The molecule has 1 fully saturated rings. The quantitative estimate of drug-likeness (QED) is 0.490. The fourth-order valence-corrected chi connectivity index (χ4v) is 3.54. The number of hydrogen-bond acceptors (Lipinski definition) is 4. The molecule has 1 amide bonds. The van der Waals surface area contributed by atoms with Gasteiger partial charge in [-0.3, -0.25) is 4.79 Å². The number of amides is 1. The van der Waals surface area contributed by atoms with Crippen molar-refractivity contribution >= 4 is 21.9 Å². The Hall–Kier alpha value is -1.35. The summed E-state index contributed by atoms with van der Waals surface area (Å²) in [5, 5.41) is 6.65. The number of likely N-dealkylation sites (N-methyl/N-ethyl adjacent to an activating group) is 1. The van der Waals surface area contributed by atoms with Gasteiger partial charge in [0.2, 0.25) is 15.9 Å². The minimum absolute atomic E-state index is 0.0610. The van der Waals surface area contributed by atoms with Crippen LogP contribution < -0.4 is 10.6 Å². The topological polar surface area (TPSA) is 94.1 Å². The lowest BCUT2D eigenvalue weighted by Gasteiger charge is -2.32. The van der Waals surface area contributed by atoms with E-state index in [0.717, 1.165) is 19.3 Å². The standard InChI is InChI=1S/C16H33N5O3S/c1-6-13(3)18-16(17-12-15(22)20(4)5)19-14-8-10-21(11-9-14)25(23,24)7-2/h13-14H,6-12H2,1-5H3,(H2,17,18,19). The molecule has 0 aromatic rings. The lowest BCUT2D eigenvalue weighted by Crippen LogP contribution is -2.51. The van der Waals surface area contributed by atoms with Gasteiger partial charge in [-0.2, -0.15) is 0 Å². The van der Waals surface area contributed by atoms with Crippen molar-refractivity contribution in [2.75, 3.05) is 39.5 Å². The van der Waals surface area contributed by atoms with Crippen LogP contribution in [-0.2, 0) is 14.8 Å². The molecule has 0 aromatic heterocycles. The summed E-state index contributed by atoms with van der Waals surface area (Å²) in [6, 6.07) is 0.384. The van der Waals surface area contributed by atoms with Gasteiger partial charge in [-0.05, 0) is 33.1 Å². The number of rotatable bonds is 7. The van der Waals surface area contributed by atoms with Crippen molar-refractivity contribution in [3.8, 4) is 0 Å². The van der Waals surface area contributed by atoms with Crippen molar-refractivity contribution in [2.24, 2.45) is 4.99 Å². The molecule has 1 heterocycles. The molecule has 25 heavy (non-hydrogen) atoms. The number of piperidine rings is 1. The zero-order valence-electron chi connectivity index (χ0n) is 16.1. The SMILES string of the molecule is CCC(C)NC(=NCC(=O)N(C)C)NC1CCN(S(=O)(=O)CC)CC1. The predicted octanol–water partition coefficient (Wildman–Crippen LogP) is 0.222. The molecule has 2 N–H and O–H groups in total. The summed E-state index contributed by atoms with van der Waals surface area (Å²) in [7, 11) is 0.293. The van der Waals surface area contributed by atoms with E-state index in [1.54, 1.807) is 25.3 Å². The molecule has 146 valence electrons. The third-order valence-electron chi connectivity index (χ3n) is 4.42. The smallest absolute Gasteiger partial charge is 0.243 e. The van der Waals surface area contributed by atoms with E-state index < -0.39 is 10.0 Å². The van der Waals surface area contributed by atoms with Crippen molar-refractivity contribution in [2.45, 2.75) is 52.1 Å². The summed E-state index contributed by atoms with van der Waals surface area (Å²) in [6.07, 6.45) is 2.39. The Labute approximate surface area is 152 Å². The lowest BCUT2D eigenvalue weighted by atomic mass is 10.1. The largest absolute Gasteiger partial charge is 0.354 e. The fourth-order valence-electron chi connectivity index (χ4n) is 2.41. The Morgan fingerprint density at radius 3 is 2.36 bits per heavy atom. The van der Waals surface area contributed by atoms with Crippen LogP contribution in [0.25, 0.3) is 0 Å². The summed E-state index contributed by atoms with van der Waals surface area (Å²) in [6.45, 7) is 6.92.